The Morgan fingerprint density at radius 2 is 1.75 bits per heavy atom. The Kier molecular flexibility index (Phi) is 3.17. The summed E-state index contributed by atoms with van der Waals surface area (Å²) in [7, 11) is 0. The van der Waals surface area contributed by atoms with Crippen LogP contribution in [0.2, 0.25) is 5.02 Å². The van der Waals surface area contributed by atoms with Gasteiger partial charge >= 0.3 is 0 Å². The van der Waals surface area contributed by atoms with Crippen LogP contribution in [0.1, 0.15) is 29.5 Å². The average molecular weight is 332 g/mol. The topological polar surface area (TPSA) is 12.0 Å². The maximum atomic E-state index is 6.51. The summed E-state index contributed by atoms with van der Waals surface area (Å²) in [5, 5.41) is 7.32. The molecule has 0 amide bonds. The van der Waals surface area contributed by atoms with Gasteiger partial charge in [0.25, 0.3) is 0 Å². The molecule has 0 saturated heterocycles. The van der Waals surface area contributed by atoms with Gasteiger partial charge in [-0.1, -0.05) is 72.3 Å². The van der Waals surface area contributed by atoms with E-state index in [-0.39, 0.29) is 6.04 Å². The summed E-state index contributed by atoms with van der Waals surface area (Å²) in [6.07, 6.45) is 5.81. The minimum atomic E-state index is 0.257. The lowest BCUT2D eigenvalue weighted by Gasteiger charge is -2.38. The van der Waals surface area contributed by atoms with Crippen LogP contribution < -0.4 is 5.32 Å². The number of hydrogen-bond acceptors (Lipinski definition) is 1. The van der Waals surface area contributed by atoms with Crippen LogP contribution >= 0.6 is 11.6 Å². The molecule has 2 aliphatic rings. The molecule has 1 nitrogen and oxygen atoms in total. The van der Waals surface area contributed by atoms with Gasteiger partial charge in [0.15, 0.2) is 0 Å². The van der Waals surface area contributed by atoms with E-state index in [1.807, 2.05) is 12.1 Å². The predicted molar refractivity (Wildman–Crippen MR) is 102 cm³/mol. The molecule has 24 heavy (non-hydrogen) atoms. The van der Waals surface area contributed by atoms with Gasteiger partial charge in [-0.3, -0.25) is 0 Å². The Labute approximate surface area is 147 Å². The fourth-order valence-corrected chi connectivity index (χ4v) is 4.67. The molecule has 5 rings (SSSR count). The van der Waals surface area contributed by atoms with Crippen molar-refractivity contribution in [2.75, 3.05) is 5.32 Å². The molecule has 0 aromatic heterocycles. The highest BCUT2D eigenvalue weighted by atomic mass is 35.5. The summed E-state index contributed by atoms with van der Waals surface area (Å²) >= 11 is 6.51. The van der Waals surface area contributed by atoms with Crippen molar-refractivity contribution in [2.45, 2.75) is 18.4 Å². The zero-order chi connectivity index (χ0) is 16.1. The number of rotatable bonds is 1. The summed E-state index contributed by atoms with van der Waals surface area (Å²) in [5.74, 6) is 0.969. The molecule has 118 valence electrons. The van der Waals surface area contributed by atoms with E-state index in [1.165, 1.54) is 27.6 Å². The van der Waals surface area contributed by atoms with Crippen molar-refractivity contribution >= 4 is 28.1 Å². The normalized spacial score (nSPS) is 24.5. The lowest BCUT2D eigenvalue weighted by Crippen LogP contribution is -2.29. The lowest BCUT2D eigenvalue weighted by atomic mass is 9.75. The van der Waals surface area contributed by atoms with E-state index < -0.39 is 0 Å². The minimum absolute atomic E-state index is 0.257. The number of fused-ring (bicyclic) bond motifs is 5. The van der Waals surface area contributed by atoms with E-state index >= 15 is 0 Å². The number of benzene rings is 3. The fraction of sp³-hybridized carbons (Fsp3) is 0.182. The zero-order valence-electron chi connectivity index (χ0n) is 13.2. The number of nitrogens with one attached hydrogen (secondary N) is 1. The molecule has 0 fully saturated rings. The van der Waals surface area contributed by atoms with E-state index in [0.29, 0.717) is 11.8 Å². The molecule has 3 atom stereocenters. The molecule has 0 saturated carbocycles. The Bertz CT molecular complexity index is 959. The summed E-state index contributed by atoms with van der Waals surface area (Å²) in [6.45, 7) is 0. The number of halogens is 1. The average Bonchev–Trinajstić information content (AvgIpc) is 3.11. The van der Waals surface area contributed by atoms with E-state index in [0.717, 1.165) is 11.4 Å². The van der Waals surface area contributed by atoms with Crippen LogP contribution in [-0.2, 0) is 0 Å². The number of anilines is 1. The van der Waals surface area contributed by atoms with Crippen LogP contribution in [0.25, 0.3) is 10.8 Å². The van der Waals surface area contributed by atoms with Gasteiger partial charge in [0.1, 0.15) is 0 Å². The van der Waals surface area contributed by atoms with Crippen molar-refractivity contribution < 1.29 is 0 Å². The van der Waals surface area contributed by atoms with E-state index in [9.17, 15) is 0 Å². The third-order valence-corrected chi connectivity index (χ3v) is 5.84. The standard InChI is InChI=1S/C22H18ClN/c23-19-11-4-3-8-18(19)22-17-10-5-9-16(17)21-15-7-2-1-6-14(15)12-13-20(21)24-22/h1-9,11-13,16-17,22,24H,10H2. The fourth-order valence-electron chi connectivity index (χ4n) is 4.42. The third kappa shape index (κ3) is 2.01. The van der Waals surface area contributed by atoms with Gasteiger partial charge in [0.2, 0.25) is 0 Å². The Balaban J connectivity index is 1.71. The van der Waals surface area contributed by atoms with Crippen molar-refractivity contribution in [3.05, 3.63) is 89.0 Å². The van der Waals surface area contributed by atoms with Gasteiger partial charge in [0.05, 0.1) is 6.04 Å². The molecule has 3 aromatic rings. The molecular formula is C22H18ClN. The quantitative estimate of drug-likeness (QED) is 0.514. The van der Waals surface area contributed by atoms with Crippen molar-refractivity contribution in [1.82, 2.24) is 0 Å². The van der Waals surface area contributed by atoms with Gasteiger partial charge in [0, 0.05) is 16.6 Å². The van der Waals surface area contributed by atoms with E-state index in [2.05, 4.69) is 66.0 Å². The van der Waals surface area contributed by atoms with Gasteiger partial charge in [-0.25, -0.2) is 0 Å². The van der Waals surface area contributed by atoms with Gasteiger partial charge in [-0.05, 0) is 46.4 Å². The Morgan fingerprint density at radius 3 is 2.67 bits per heavy atom. The first-order chi connectivity index (χ1) is 11.8. The van der Waals surface area contributed by atoms with Crippen LogP contribution in [0.3, 0.4) is 0 Å². The predicted octanol–water partition coefficient (Wildman–Crippen LogP) is 6.32. The largest absolute Gasteiger partial charge is 0.378 e. The molecule has 1 aliphatic carbocycles. The van der Waals surface area contributed by atoms with Crippen molar-refractivity contribution in [2.24, 2.45) is 5.92 Å². The zero-order valence-corrected chi connectivity index (χ0v) is 14.0. The summed E-state index contributed by atoms with van der Waals surface area (Å²) in [4.78, 5) is 0. The molecule has 3 aromatic carbocycles. The molecule has 0 spiro atoms. The smallest absolute Gasteiger partial charge is 0.0568 e. The van der Waals surface area contributed by atoms with Crippen LogP contribution in [-0.4, -0.2) is 0 Å². The maximum Gasteiger partial charge on any atom is 0.0568 e. The first kappa shape index (κ1) is 14.1. The van der Waals surface area contributed by atoms with Crippen LogP contribution in [0.5, 0.6) is 0 Å². The second-order valence-electron chi connectivity index (χ2n) is 6.74. The molecular weight excluding hydrogens is 314 g/mol. The first-order valence-corrected chi connectivity index (χ1v) is 8.90. The molecule has 3 unspecified atom stereocenters. The summed E-state index contributed by atoms with van der Waals surface area (Å²) in [5.41, 5.74) is 3.89. The molecule has 0 radical (unpaired) electrons. The maximum absolute atomic E-state index is 6.51. The highest BCUT2D eigenvalue weighted by Crippen LogP contribution is 2.52. The van der Waals surface area contributed by atoms with Crippen LogP contribution in [0, 0.1) is 5.92 Å². The molecule has 1 aliphatic heterocycles. The van der Waals surface area contributed by atoms with E-state index in [1.54, 1.807) is 0 Å². The molecule has 1 N–H and O–H groups in total. The van der Waals surface area contributed by atoms with Gasteiger partial charge in [-0.15, -0.1) is 0 Å². The highest BCUT2D eigenvalue weighted by Gasteiger charge is 2.39. The SMILES string of the molecule is Clc1ccccc1C1Nc2ccc3ccccc3c2C2C=CCC21. The van der Waals surface area contributed by atoms with Crippen molar-refractivity contribution in [3.63, 3.8) is 0 Å². The van der Waals surface area contributed by atoms with Crippen LogP contribution in [0.15, 0.2) is 72.8 Å². The third-order valence-electron chi connectivity index (χ3n) is 5.50. The Hall–Kier alpha value is -2.25. The summed E-state index contributed by atoms with van der Waals surface area (Å²) in [6, 6.07) is 21.6. The van der Waals surface area contributed by atoms with Crippen molar-refractivity contribution in [3.8, 4) is 0 Å². The molecule has 2 heteroatoms. The Morgan fingerprint density at radius 1 is 0.917 bits per heavy atom. The van der Waals surface area contributed by atoms with E-state index in [4.69, 9.17) is 11.6 Å². The summed E-state index contributed by atoms with van der Waals surface area (Å²) < 4.78 is 0. The molecule has 1 heterocycles. The van der Waals surface area contributed by atoms with Gasteiger partial charge < -0.3 is 5.32 Å². The monoisotopic (exact) mass is 331 g/mol. The minimum Gasteiger partial charge on any atom is -0.378 e. The molecule has 0 bridgehead atoms. The first-order valence-electron chi connectivity index (χ1n) is 8.52. The van der Waals surface area contributed by atoms with Gasteiger partial charge in [-0.2, -0.15) is 0 Å². The lowest BCUT2D eigenvalue weighted by molar-refractivity contribution is 0.427. The van der Waals surface area contributed by atoms with Crippen molar-refractivity contribution in [1.29, 1.82) is 0 Å². The second-order valence-corrected chi connectivity index (χ2v) is 7.15. The number of hydrogen-bond donors (Lipinski definition) is 1. The second kappa shape index (κ2) is 5.39. The number of allylic oxidation sites excluding steroid dienone is 2. The highest BCUT2D eigenvalue weighted by molar-refractivity contribution is 6.31. The van der Waals surface area contributed by atoms with Crippen LogP contribution in [0.4, 0.5) is 5.69 Å².